The van der Waals surface area contributed by atoms with E-state index in [1.54, 1.807) is 16.1 Å². The van der Waals surface area contributed by atoms with Gasteiger partial charge in [0.1, 0.15) is 11.0 Å². The fourth-order valence-corrected chi connectivity index (χ4v) is 2.42. The van der Waals surface area contributed by atoms with E-state index in [0.29, 0.717) is 0 Å². The monoisotopic (exact) mass is 215 g/mol. The van der Waals surface area contributed by atoms with Gasteiger partial charge in [-0.1, -0.05) is 18.2 Å². The van der Waals surface area contributed by atoms with E-state index in [4.69, 9.17) is 0 Å². The quantitative estimate of drug-likeness (QED) is 0.625. The standard InChI is InChI=1S/C11H9N3S/c1-14-12-9-5-2-4-8(11(9)13-14)10-6-3-7-15-10/h2-7H,1H3. The van der Waals surface area contributed by atoms with Gasteiger partial charge in [0.15, 0.2) is 0 Å². The van der Waals surface area contributed by atoms with E-state index < -0.39 is 0 Å². The molecular formula is C11H9N3S. The van der Waals surface area contributed by atoms with Crippen LogP contribution in [-0.4, -0.2) is 15.0 Å². The van der Waals surface area contributed by atoms with Gasteiger partial charge in [0.05, 0.1) is 0 Å². The summed E-state index contributed by atoms with van der Waals surface area (Å²) < 4.78 is 0. The van der Waals surface area contributed by atoms with Crippen LogP contribution in [-0.2, 0) is 7.05 Å². The van der Waals surface area contributed by atoms with Crippen molar-refractivity contribution in [1.82, 2.24) is 15.0 Å². The molecule has 74 valence electrons. The van der Waals surface area contributed by atoms with Crippen LogP contribution in [0.15, 0.2) is 35.7 Å². The van der Waals surface area contributed by atoms with E-state index in [1.165, 1.54) is 4.88 Å². The molecule has 0 unspecified atom stereocenters. The van der Waals surface area contributed by atoms with Gasteiger partial charge in [0, 0.05) is 17.5 Å². The predicted octanol–water partition coefficient (Wildman–Crippen LogP) is 2.70. The van der Waals surface area contributed by atoms with Gasteiger partial charge < -0.3 is 0 Å². The largest absolute Gasteiger partial charge is 0.187 e. The van der Waals surface area contributed by atoms with Gasteiger partial charge in [0.25, 0.3) is 0 Å². The number of nitrogens with zero attached hydrogens (tertiary/aromatic N) is 3. The molecule has 3 nitrogen and oxygen atoms in total. The number of aryl methyl sites for hydroxylation is 1. The molecule has 0 radical (unpaired) electrons. The van der Waals surface area contributed by atoms with Crippen LogP contribution in [0.3, 0.4) is 0 Å². The highest BCUT2D eigenvalue weighted by Gasteiger charge is 2.08. The van der Waals surface area contributed by atoms with E-state index >= 15 is 0 Å². The van der Waals surface area contributed by atoms with Gasteiger partial charge in [-0.15, -0.1) is 11.3 Å². The summed E-state index contributed by atoms with van der Waals surface area (Å²) in [5.74, 6) is 0. The summed E-state index contributed by atoms with van der Waals surface area (Å²) in [6.07, 6.45) is 0. The van der Waals surface area contributed by atoms with Crippen molar-refractivity contribution in [2.45, 2.75) is 0 Å². The molecule has 4 heteroatoms. The summed E-state index contributed by atoms with van der Waals surface area (Å²) in [4.78, 5) is 2.85. The van der Waals surface area contributed by atoms with E-state index in [9.17, 15) is 0 Å². The van der Waals surface area contributed by atoms with Crippen LogP contribution >= 0.6 is 11.3 Å². The zero-order chi connectivity index (χ0) is 10.3. The Balaban J connectivity index is 2.35. The van der Waals surface area contributed by atoms with Crippen LogP contribution in [0, 0.1) is 0 Å². The minimum absolute atomic E-state index is 0.948. The third kappa shape index (κ3) is 1.34. The first kappa shape index (κ1) is 8.61. The molecule has 0 saturated heterocycles. The summed E-state index contributed by atoms with van der Waals surface area (Å²) >= 11 is 1.72. The maximum atomic E-state index is 4.38. The fourth-order valence-electron chi connectivity index (χ4n) is 1.67. The molecule has 0 saturated carbocycles. The highest BCUT2D eigenvalue weighted by molar-refractivity contribution is 7.13. The van der Waals surface area contributed by atoms with Gasteiger partial charge in [-0.25, -0.2) is 0 Å². The van der Waals surface area contributed by atoms with Crippen LogP contribution in [0.1, 0.15) is 0 Å². The maximum absolute atomic E-state index is 4.38. The van der Waals surface area contributed by atoms with Crippen molar-refractivity contribution in [3.63, 3.8) is 0 Å². The smallest absolute Gasteiger partial charge is 0.121 e. The zero-order valence-electron chi connectivity index (χ0n) is 8.21. The molecule has 0 atom stereocenters. The number of hydrogen-bond donors (Lipinski definition) is 0. The lowest BCUT2D eigenvalue weighted by atomic mass is 10.1. The molecule has 2 aromatic heterocycles. The van der Waals surface area contributed by atoms with Crippen LogP contribution in [0.2, 0.25) is 0 Å². The predicted molar refractivity (Wildman–Crippen MR) is 61.8 cm³/mol. The molecule has 0 N–H and O–H groups in total. The SMILES string of the molecule is Cn1nc2cccc(-c3cccs3)c2n1. The summed E-state index contributed by atoms with van der Waals surface area (Å²) in [5.41, 5.74) is 3.08. The number of fused-ring (bicyclic) bond motifs is 1. The average Bonchev–Trinajstić information content (AvgIpc) is 2.82. The summed E-state index contributed by atoms with van der Waals surface area (Å²) in [6, 6.07) is 10.2. The number of rotatable bonds is 1. The molecule has 1 aromatic carbocycles. The molecule has 0 amide bonds. The maximum Gasteiger partial charge on any atom is 0.121 e. The Labute approximate surface area is 91.0 Å². The molecule has 2 heterocycles. The van der Waals surface area contributed by atoms with Gasteiger partial charge in [0.2, 0.25) is 0 Å². The van der Waals surface area contributed by atoms with Crippen LogP contribution in [0.25, 0.3) is 21.5 Å². The number of benzene rings is 1. The van der Waals surface area contributed by atoms with Crippen LogP contribution < -0.4 is 0 Å². The lowest BCUT2D eigenvalue weighted by molar-refractivity contribution is 0.665. The van der Waals surface area contributed by atoms with E-state index in [2.05, 4.69) is 33.8 Å². The second-order valence-corrected chi connectivity index (χ2v) is 4.29. The first-order valence-electron chi connectivity index (χ1n) is 4.68. The number of aromatic nitrogens is 3. The Morgan fingerprint density at radius 3 is 2.87 bits per heavy atom. The Morgan fingerprint density at radius 1 is 1.13 bits per heavy atom. The van der Waals surface area contributed by atoms with Crippen LogP contribution in [0.4, 0.5) is 0 Å². The third-order valence-corrected chi connectivity index (χ3v) is 3.20. The topological polar surface area (TPSA) is 30.7 Å². The Kier molecular flexibility index (Phi) is 1.82. The summed E-state index contributed by atoms with van der Waals surface area (Å²) in [5, 5.41) is 10.7. The highest BCUT2D eigenvalue weighted by Crippen LogP contribution is 2.29. The Morgan fingerprint density at radius 2 is 2.07 bits per heavy atom. The van der Waals surface area contributed by atoms with Crippen molar-refractivity contribution in [1.29, 1.82) is 0 Å². The Hall–Kier alpha value is -1.68. The van der Waals surface area contributed by atoms with Crippen molar-refractivity contribution >= 4 is 22.4 Å². The lowest BCUT2D eigenvalue weighted by Crippen LogP contribution is -1.90. The van der Waals surface area contributed by atoms with E-state index in [1.807, 2.05) is 19.2 Å². The van der Waals surface area contributed by atoms with Gasteiger partial charge in [-0.05, 0) is 17.5 Å². The van der Waals surface area contributed by atoms with E-state index in [0.717, 1.165) is 16.6 Å². The highest BCUT2D eigenvalue weighted by atomic mass is 32.1. The summed E-state index contributed by atoms with van der Waals surface area (Å²) in [6.45, 7) is 0. The van der Waals surface area contributed by atoms with Crippen molar-refractivity contribution in [3.8, 4) is 10.4 Å². The second kappa shape index (κ2) is 3.17. The molecule has 0 aliphatic carbocycles. The van der Waals surface area contributed by atoms with Crippen molar-refractivity contribution in [3.05, 3.63) is 35.7 Å². The molecule has 0 aliphatic heterocycles. The number of thiophene rings is 1. The zero-order valence-corrected chi connectivity index (χ0v) is 9.03. The molecule has 0 spiro atoms. The van der Waals surface area contributed by atoms with Gasteiger partial charge in [-0.3, -0.25) is 0 Å². The molecule has 15 heavy (non-hydrogen) atoms. The molecule has 0 bridgehead atoms. The fraction of sp³-hybridized carbons (Fsp3) is 0.0909. The van der Waals surface area contributed by atoms with Crippen LogP contribution in [0.5, 0.6) is 0 Å². The Bertz CT molecular complexity index is 595. The van der Waals surface area contributed by atoms with Gasteiger partial charge in [-0.2, -0.15) is 15.0 Å². The normalized spacial score (nSPS) is 11.0. The van der Waals surface area contributed by atoms with Crippen molar-refractivity contribution < 1.29 is 0 Å². The lowest BCUT2D eigenvalue weighted by Gasteiger charge is -1.96. The summed E-state index contributed by atoms with van der Waals surface area (Å²) in [7, 11) is 1.85. The minimum Gasteiger partial charge on any atom is -0.187 e. The van der Waals surface area contributed by atoms with Crippen molar-refractivity contribution in [2.75, 3.05) is 0 Å². The first-order valence-corrected chi connectivity index (χ1v) is 5.56. The van der Waals surface area contributed by atoms with Gasteiger partial charge >= 0.3 is 0 Å². The molecule has 0 fully saturated rings. The average molecular weight is 215 g/mol. The van der Waals surface area contributed by atoms with E-state index in [-0.39, 0.29) is 0 Å². The third-order valence-electron chi connectivity index (χ3n) is 2.30. The molecule has 3 rings (SSSR count). The second-order valence-electron chi connectivity index (χ2n) is 3.34. The molecular weight excluding hydrogens is 206 g/mol. The van der Waals surface area contributed by atoms with Crippen molar-refractivity contribution in [2.24, 2.45) is 7.05 Å². The minimum atomic E-state index is 0.948. The first-order chi connectivity index (χ1) is 7.34. The molecule has 0 aliphatic rings. The number of hydrogen-bond acceptors (Lipinski definition) is 3. The molecule has 3 aromatic rings.